The van der Waals surface area contributed by atoms with Gasteiger partial charge in [0.25, 0.3) is 0 Å². The van der Waals surface area contributed by atoms with Crippen molar-refractivity contribution >= 4 is 5.91 Å². The largest absolute Gasteiger partial charge is 0.496 e. The molecule has 0 saturated heterocycles. The van der Waals surface area contributed by atoms with Crippen molar-refractivity contribution in [1.82, 2.24) is 10.2 Å². The zero-order valence-electron chi connectivity index (χ0n) is 18.7. The Morgan fingerprint density at radius 2 is 1.50 bits per heavy atom. The van der Waals surface area contributed by atoms with Crippen LogP contribution < -0.4 is 29.0 Å². The smallest absolute Gasteiger partial charge is 0.387 e. The summed E-state index contributed by atoms with van der Waals surface area (Å²) < 4.78 is 50.4. The number of nitrogens with one attached hydrogen (secondary N) is 1. The fraction of sp³-hybridized carbons (Fsp3) is 0.409. The van der Waals surface area contributed by atoms with Gasteiger partial charge in [-0.3, -0.25) is 9.69 Å². The lowest BCUT2D eigenvalue weighted by Gasteiger charge is -2.18. The van der Waals surface area contributed by atoms with Crippen LogP contribution in [0.2, 0.25) is 0 Å². The minimum Gasteiger partial charge on any atom is -0.496 e. The Bertz CT molecular complexity index is 910. The van der Waals surface area contributed by atoms with Crippen molar-refractivity contribution in [3.63, 3.8) is 0 Å². The predicted octanol–water partition coefficient (Wildman–Crippen LogP) is 3.07. The van der Waals surface area contributed by atoms with Gasteiger partial charge in [-0.1, -0.05) is 6.07 Å². The van der Waals surface area contributed by atoms with E-state index >= 15 is 0 Å². The normalized spacial score (nSPS) is 10.8. The van der Waals surface area contributed by atoms with Crippen LogP contribution >= 0.6 is 0 Å². The Kier molecular flexibility index (Phi) is 9.33. The van der Waals surface area contributed by atoms with Gasteiger partial charge in [0.05, 0.1) is 35.0 Å². The molecule has 1 amide bonds. The number of ether oxygens (including phenoxy) is 5. The van der Waals surface area contributed by atoms with Crippen LogP contribution in [-0.2, 0) is 17.9 Å². The quantitative estimate of drug-likeness (QED) is 0.528. The average Bonchev–Trinajstić information content (AvgIpc) is 2.77. The molecule has 0 saturated carbocycles. The Morgan fingerprint density at radius 3 is 2.09 bits per heavy atom. The highest BCUT2D eigenvalue weighted by Crippen LogP contribution is 2.34. The summed E-state index contributed by atoms with van der Waals surface area (Å²) in [6.45, 7) is -2.18. The number of likely N-dealkylation sites (N-methyl/N-ethyl adjacent to an activating group) is 1. The Balaban J connectivity index is 1.96. The Labute approximate surface area is 186 Å². The van der Waals surface area contributed by atoms with Crippen LogP contribution in [0.1, 0.15) is 11.1 Å². The molecule has 32 heavy (non-hydrogen) atoms. The van der Waals surface area contributed by atoms with Gasteiger partial charge in [-0.05, 0) is 30.8 Å². The van der Waals surface area contributed by atoms with Crippen LogP contribution in [-0.4, -0.2) is 59.5 Å². The molecule has 0 aliphatic rings. The minimum atomic E-state index is -2.94. The molecule has 0 radical (unpaired) electrons. The zero-order chi connectivity index (χ0) is 23.7. The first-order valence-corrected chi connectivity index (χ1v) is 9.67. The van der Waals surface area contributed by atoms with E-state index in [0.29, 0.717) is 23.8 Å². The molecule has 0 heterocycles. The molecule has 10 heteroatoms. The van der Waals surface area contributed by atoms with Gasteiger partial charge in [-0.25, -0.2) is 0 Å². The molecule has 0 fully saturated rings. The highest BCUT2D eigenvalue weighted by Gasteiger charge is 2.15. The van der Waals surface area contributed by atoms with Gasteiger partial charge < -0.3 is 29.0 Å². The van der Waals surface area contributed by atoms with Gasteiger partial charge in [-0.15, -0.1) is 0 Å². The molecule has 0 unspecified atom stereocenters. The summed E-state index contributed by atoms with van der Waals surface area (Å²) in [7, 11) is 7.74. The second kappa shape index (κ2) is 11.9. The van der Waals surface area contributed by atoms with Crippen LogP contribution in [0.25, 0.3) is 0 Å². The van der Waals surface area contributed by atoms with Gasteiger partial charge in [0.2, 0.25) is 5.91 Å². The highest BCUT2D eigenvalue weighted by atomic mass is 19.3. The van der Waals surface area contributed by atoms with Crippen molar-refractivity contribution in [3.8, 4) is 28.7 Å². The van der Waals surface area contributed by atoms with E-state index in [1.165, 1.54) is 34.5 Å². The number of halogens is 2. The third-order valence-corrected chi connectivity index (χ3v) is 4.57. The first-order chi connectivity index (χ1) is 15.3. The molecule has 2 aromatic carbocycles. The molecule has 8 nitrogen and oxygen atoms in total. The fourth-order valence-electron chi connectivity index (χ4n) is 3.10. The predicted molar refractivity (Wildman–Crippen MR) is 114 cm³/mol. The molecule has 2 aromatic rings. The maximum absolute atomic E-state index is 12.5. The van der Waals surface area contributed by atoms with Crippen molar-refractivity contribution in [2.45, 2.75) is 19.7 Å². The number of hydrogen-bond acceptors (Lipinski definition) is 7. The standard InChI is InChI=1S/C22H28F2N2O6/c1-26(12-14-6-7-16(32-22(23)24)18(8-14)29-3)13-21(27)25-11-15-9-19(30-4)20(31-5)10-17(15)28-2/h6-10,22H,11-13H2,1-5H3,(H,25,27). The highest BCUT2D eigenvalue weighted by molar-refractivity contribution is 5.78. The topological polar surface area (TPSA) is 78.5 Å². The molecule has 2 rings (SSSR count). The van der Waals surface area contributed by atoms with Gasteiger partial charge >= 0.3 is 6.61 Å². The summed E-state index contributed by atoms with van der Waals surface area (Å²) in [6.07, 6.45) is 0. The summed E-state index contributed by atoms with van der Waals surface area (Å²) >= 11 is 0. The van der Waals surface area contributed by atoms with Crippen molar-refractivity contribution in [2.75, 3.05) is 42.0 Å². The molecule has 1 N–H and O–H groups in total. The Morgan fingerprint density at radius 1 is 0.906 bits per heavy atom. The average molecular weight is 454 g/mol. The van der Waals surface area contributed by atoms with Gasteiger partial charge in [-0.2, -0.15) is 8.78 Å². The number of nitrogens with zero attached hydrogens (tertiary/aromatic N) is 1. The van der Waals surface area contributed by atoms with Crippen molar-refractivity contribution in [2.24, 2.45) is 0 Å². The molecule has 0 atom stereocenters. The lowest BCUT2D eigenvalue weighted by molar-refractivity contribution is -0.122. The van der Waals surface area contributed by atoms with E-state index in [9.17, 15) is 13.6 Å². The van der Waals surface area contributed by atoms with E-state index in [4.69, 9.17) is 18.9 Å². The summed E-state index contributed by atoms with van der Waals surface area (Å²) in [4.78, 5) is 14.2. The number of carbonyl (C=O) groups is 1. The van der Waals surface area contributed by atoms with E-state index in [1.54, 1.807) is 36.2 Å². The molecule has 0 aliphatic carbocycles. The number of carbonyl (C=O) groups excluding carboxylic acids is 1. The first-order valence-electron chi connectivity index (χ1n) is 9.67. The van der Waals surface area contributed by atoms with Crippen molar-refractivity contribution in [3.05, 3.63) is 41.5 Å². The van der Waals surface area contributed by atoms with Crippen molar-refractivity contribution in [1.29, 1.82) is 0 Å². The fourth-order valence-corrected chi connectivity index (χ4v) is 3.10. The maximum Gasteiger partial charge on any atom is 0.387 e. The summed E-state index contributed by atoms with van der Waals surface area (Å²) in [5.74, 6) is 1.57. The summed E-state index contributed by atoms with van der Waals surface area (Å²) in [5.41, 5.74) is 1.51. The summed E-state index contributed by atoms with van der Waals surface area (Å²) in [5, 5.41) is 2.85. The van der Waals surface area contributed by atoms with E-state index in [1.807, 2.05) is 0 Å². The van der Waals surface area contributed by atoms with Crippen molar-refractivity contribution < 1.29 is 37.3 Å². The molecule has 176 valence electrons. The molecule has 0 aromatic heterocycles. The lowest BCUT2D eigenvalue weighted by Crippen LogP contribution is -2.34. The van der Waals surface area contributed by atoms with Crippen LogP contribution in [0.15, 0.2) is 30.3 Å². The second-order valence-electron chi connectivity index (χ2n) is 6.83. The minimum absolute atomic E-state index is 0.0458. The SMILES string of the molecule is COc1cc(OC)c(OC)cc1CNC(=O)CN(C)Cc1ccc(OC(F)F)c(OC)c1. The van der Waals surface area contributed by atoms with Crippen LogP contribution in [0.3, 0.4) is 0 Å². The van der Waals surface area contributed by atoms with E-state index < -0.39 is 6.61 Å². The van der Waals surface area contributed by atoms with Crippen LogP contribution in [0.5, 0.6) is 28.7 Å². The number of hydrogen-bond donors (Lipinski definition) is 1. The molecule has 0 aliphatic heterocycles. The number of rotatable bonds is 12. The lowest BCUT2D eigenvalue weighted by atomic mass is 10.1. The van der Waals surface area contributed by atoms with E-state index in [2.05, 4.69) is 10.1 Å². The maximum atomic E-state index is 12.5. The first kappa shape index (κ1) is 25.0. The van der Waals surface area contributed by atoms with E-state index in [0.717, 1.165) is 11.1 Å². The molecular formula is C22H28F2N2O6. The second-order valence-corrected chi connectivity index (χ2v) is 6.83. The van der Waals surface area contributed by atoms with Gasteiger partial charge in [0.1, 0.15) is 5.75 Å². The molecular weight excluding hydrogens is 426 g/mol. The number of methoxy groups -OCH3 is 4. The summed E-state index contributed by atoms with van der Waals surface area (Å²) in [6, 6.07) is 8.10. The Hall–Kier alpha value is -3.27. The van der Waals surface area contributed by atoms with E-state index in [-0.39, 0.29) is 30.5 Å². The number of amides is 1. The third-order valence-electron chi connectivity index (χ3n) is 4.57. The van der Waals surface area contributed by atoms with Crippen LogP contribution in [0, 0.1) is 0 Å². The van der Waals surface area contributed by atoms with Gasteiger partial charge in [0.15, 0.2) is 23.0 Å². The molecule has 0 bridgehead atoms. The molecule has 0 spiro atoms. The third kappa shape index (κ3) is 6.88. The van der Waals surface area contributed by atoms with Crippen LogP contribution in [0.4, 0.5) is 8.78 Å². The number of alkyl halides is 2. The zero-order valence-corrected chi connectivity index (χ0v) is 18.7. The van der Waals surface area contributed by atoms with Gasteiger partial charge in [0, 0.05) is 24.7 Å². The number of benzene rings is 2. The monoisotopic (exact) mass is 454 g/mol.